The van der Waals surface area contributed by atoms with Crippen LogP contribution in [-0.2, 0) is 6.54 Å². The first-order valence-corrected chi connectivity index (χ1v) is 5.97. The molecule has 0 radical (unpaired) electrons. The Balaban J connectivity index is 2.12. The molecule has 0 spiro atoms. The Morgan fingerprint density at radius 3 is 2.89 bits per heavy atom. The van der Waals surface area contributed by atoms with Crippen molar-refractivity contribution in [2.75, 3.05) is 5.32 Å². The Labute approximate surface area is 118 Å². The molecular formula is C11H8Cl2N4O2. The molecule has 0 aliphatic carbocycles. The van der Waals surface area contributed by atoms with Gasteiger partial charge < -0.3 is 5.32 Å². The van der Waals surface area contributed by atoms with Gasteiger partial charge in [-0.2, -0.15) is 4.98 Å². The maximum absolute atomic E-state index is 10.7. The van der Waals surface area contributed by atoms with E-state index in [0.29, 0.717) is 17.4 Å². The first-order chi connectivity index (χ1) is 9.06. The van der Waals surface area contributed by atoms with Crippen molar-refractivity contribution in [2.45, 2.75) is 6.54 Å². The molecule has 2 rings (SSSR count). The first kappa shape index (κ1) is 13.5. The average molecular weight is 299 g/mol. The third kappa shape index (κ3) is 3.52. The van der Waals surface area contributed by atoms with Crippen LogP contribution in [0.4, 0.5) is 11.5 Å². The maximum atomic E-state index is 10.7. The van der Waals surface area contributed by atoms with Crippen LogP contribution in [0.25, 0.3) is 0 Å². The summed E-state index contributed by atoms with van der Waals surface area (Å²) < 4.78 is 0. The second kappa shape index (κ2) is 5.81. The summed E-state index contributed by atoms with van der Waals surface area (Å²) in [5.41, 5.74) is 0.770. The number of nitrogens with zero attached hydrogens (tertiary/aromatic N) is 3. The number of rotatable bonds is 4. The fraction of sp³-hybridized carbons (Fsp3) is 0.0909. The van der Waals surface area contributed by atoms with Crippen molar-refractivity contribution in [3.8, 4) is 0 Å². The van der Waals surface area contributed by atoms with Crippen LogP contribution < -0.4 is 5.32 Å². The molecule has 0 unspecified atom stereocenters. The molecule has 0 amide bonds. The highest BCUT2D eigenvalue weighted by atomic mass is 35.5. The summed E-state index contributed by atoms with van der Waals surface area (Å²) in [7, 11) is 0. The van der Waals surface area contributed by atoms with E-state index in [9.17, 15) is 10.1 Å². The van der Waals surface area contributed by atoms with E-state index in [1.54, 1.807) is 12.1 Å². The molecule has 98 valence electrons. The van der Waals surface area contributed by atoms with Gasteiger partial charge in [0.05, 0.1) is 11.1 Å². The summed E-state index contributed by atoms with van der Waals surface area (Å²) in [6.45, 7) is 0.342. The van der Waals surface area contributed by atoms with Gasteiger partial charge in [-0.3, -0.25) is 10.1 Å². The molecule has 1 heterocycles. The molecule has 6 nitrogen and oxygen atoms in total. The largest absolute Gasteiger partial charge is 0.365 e. The zero-order valence-electron chi connectivity index (χ0n) is 9.51. The minimum Gasteiger partial charge on any atom is -0.365 e. The van der Waals surface area contributed by atoms with Crippen LogP contribution in [0.5, 0.6) is 0 Å². The Kier molecular flexibility index (Phi) is 4.13. The standard InChI is InChI=1S/C11H8Cl2N4O2/c12-9-6-15-11(13)16-10(9)14-5-7-2-1-3-8(4-7)17(18)19/h1-4,6H,5H2,(H,14,15,16). The lowest BCUT2D eigenvalue weighted by Crippen LogP contribution is -2.03. The Morgan fingerprint density at radius 2 is 2.16 bits per heavy atom. The van der Waals surface area contributed by atoms with Crippen molar-refractivity contribution < 1.29 is 4.92 Å². The molecule has 19 heavy (non-hydrogen) atoms. The molecule has 0 saturated heterocycles. The molecule has 1 N–H and O–H groups in total. The zero-order chi connectivity index (χ0) is 13.8. The van der Waals surface area contributed by atoms with E-state index >= 15 is 0 Å². The van der Waals surface area contributed by atoms with E-state index in [-0.39, 0.29) is 11.0 Å². The summed E-state index contributed by atoms with van der Waals surface area (Å²) >= 11 is 11.5. The van der Waals surface area contributed by atoms with Crippen molar-refractivity contribution in [1.82, 2.24) is 9.97 Å². The monoisotopic (exact) mass is 298 g/mol. The van der Waals surface area contributed by atoms with Gasteiger partial charge in [0.25, 0.3) is 5.69 Å². The van der Waals surface area contributed by atoms with Gasteiger partial charge in [0.1, 0.15) is 10.8 Å². The van der Waals surface area contributed by atoms with Crippen LogP contribution >= 0.6 is 23.2 Å². The van der Waals surface area contributed by atoms with Gasteiger partial charge in [-0.15, -0.1) is 0 Å². The number of benzene rings is 1. The van der Waals surface area contributed by atoms with Crippen molar-refractivity contribution in [1.29, 1.82) is 0 Å². The number of non-ortho nitro benzene ring substituents is 1. The lowest BCUT2D eigenvalue weighted by atomic mass is 10.2. The normalized spacial score (nSPS) is 10.2. The molecule has 0 aliphatic heterocycles. The summed E-state index contributed by atoms with van der Waals surface area (Å²) in [6.07, 6.45) is 1.38. The smallest absolute Gasteiger partial charge is 0.269 e. The second-order valence-electron chi connectivity index (χ2n) is 3.62. The van der Waals surface area contributed by atoms with Gasteiger partial charge in [-0.1, -0.05) is 23.7 Å². The molecule has 1 aromatic carbocycles. The predicted octanol–water partition coefficient (Wildman–Crippen LogP) is 3.30. The average Bonchev–Trinajstić information content (AvgIpc) is 2.40. The van der Waals surface area contributed by atoms with E-state index < -0.39 is 4.92 Å². The second-order valence-corrected chi connectivity index (χ2v) is 4.36. The topological polar surface area (TPSA) is 81.0 Å². The summed E-state index contributed by atoms with van der Waals surface area (Å²) in [5, 5.41) is 14.0. The minimum absolute atomic E-state index is 0.0334. The van der Waals surface area contributed by atoms with Gasteiger partial charge in [-0.05, 0) is 17.2 Å². The predicted molar refractivity (Wildman–Crippen MR) is 72.5 cm³/mol. The Hall–Kier alpha value is -1.92. The van der Waals surface area contributed by atoms with Crippen LogP contribution in [0.3, 0.4) is 0 Å². The number of halogens is 2. The van der Waals surface area contributed by atoms with Crippen LogP contribution in [0.2, 0.25) is 10.3 Å². The molecule has 0 bridgehead atoms. The zero-order valence-corrected chi connectivity index (χ0v) is 11.0. The van der Waals surface area contributed by atoms with E-state index in [1.165, 1.54) is 18.3 Å². The molecule has 0 aliphatic rings. The fourth-order valence-electron chi connectivity index (χ4n) is 1.44. The number of hydrogen-bond acceptors (Lipinski definition) is 5. The summed E-state index contributed by atoms with van der Waals surface area (Å²) in [5.74, 6) is 0.383. The molecule has 8 heteroatoms. The van der Waals surface area contributed by atoms with E-state index in [4.69, 9.17) is 23.2 Å². The quantitative estimate of drug-likeness (QED) is 0.532. The third-order valence-corrected chi connectivity index (χ3v) is 2.75. The van der Waals surface area contributed by atoms with Gasteiger partial charge in [0.2, 0.25) is 5.28 Å². The van der Waals surface area contributed by atoms with Crippen LogP contribution in [0.1, 0.15) is 5.56 Å². The van der Waals surface area contributed by atoms with Crippen molar-refractivity contribution in [3.63, 3.8) is 0 Å². The van der Waals surface area contributed by atoms with Gasteiger partial charge in [0, 0.05) is 18.7 Å². The highest BCUT2D eigenvalue weighted by Crippen LogP contribution is 2.21. The van der Waals surface area contributed by atoms with E-state index in [1.807, 2.05) is 0 Å². The number of anilines is 1. The van der Waals surface area contributed by atoms with E-state index in [0.717, 1.165) is 5.56 Å². The van der Waals surface area contributed by atoms with Crippen LogP contribution in [0.15, 0.2) is 30.5 Å². The maximum Gasteiger partial charge on any atom is 0.269 e. The summed E-state index contributed by atoms with van der Waals surface area (Å²) in [4.78, 5) is 17.9. The Bertz CT molecular complexity index is 621. The molecule has 0 fully saturated rings. The number of nitro groups is 1. The van der Waals surface area contributed by atoms with Crippen molar-refractivity contribution >= 4 is 34.7 Å². The van der Waals surface area contributed by atoms with E-state index in [2.05, 4.69) is 15.3 Å². The molecule has 0 saturated carbocycles. The Morgan fingerprint density at radius 1 is 1.37 bits per heavy atom. The SMILES string of the molecule is O=[N+]([O-])c1cccc(CNc2nc(Cl)ncc2Cl)c1. The van der Waals surface area contributed by atoms with Gasteiger partial charge in [-0.25, -0.2) is 4.98 Å². The van der Waals surface area contributed by atoms with Crippen LogP contribution in [-0.4, -0.2) is 14.9 Å². The number of aromatic nitrogens is 2. The minimum atomic E-state index is -0.446. The molecule has 0 atom stereocenters. The lowest BCUT2D eigenvalue weighted by Gasteiger charge is -2.07. The molecule has 1 aromatic heterocycles. The number of hydrogen-bond donors (Lipinski definition) is 1. The van der Waals surface area contributed by atoms with Gasteiger partial charge >= 0.3 is 0 Å². The number of nitro benzene ring substituents is 1. The van der Waals surface area contributed by atoms with Gasteiger partial charge in [0.15, 0.2) is 0 Å². The van der Waals surface area contributed by atoms with Crippen molar-refractivity contribution in [3.05, 3.63) is 56.4 Å². The molecule has 2 aromatic rings. The third-order valence-electron chi connectivity index (χ3n) is 2.30. The van der Waals surface area contributed by atoms with Crippen LogP contribution in [0, 0.1) is 10.1 Å². The molecular weight excluding hydrogens is 291 g/mol. The number of nitrogens with one attached hydrogen (secondary N) is 1. The first-order valence-electron chi connectivity index (χ1n) is 5.21. The highest BCUT2D eigenvalue weighted by Gasteiger charge is 2.07. The lowest BCUT2D eigenvalue weighted by molar-refractivity contribution is -0.384. The summed E-state index contributed by atoms with van der Waals surface area (Å²) in [6, 6.07) is 6.28. The highest BCUT2D eigenvalue weighted by molar-refractivity contribution is 6.33. The fourth-order valence-corrected chi connectivity index (χ4v) is 1.73. The van der Waals surface area contributed by atoms with Crippen molar-refractivity contribution in [2.24, 2.45) is 0 Å².